The highest BCUT2D eigenvalue weighted by Crippen LogP contribution is 2.29. The minimum Gasteiger partial charge on any atom is -0.488 e. The number of fused-ring (bicyclic) bond motifs is 1. The standard InChI is InChI=1S/C19H12BrClN2O2/c20-16-3-1-2-4-17(16)23-19(24)14(10-22)8-12-7-13-9-15(21)5-6-18(13)25-11-12/h1-9H,11H2,(H,23,24). The fourth-order valence-corrected chi connectivity index (χ4v) is 2.90. The molecule has 0 atom stereocenters. The molecule has 4 nitrogen and oxygen atoms in total. The zero-order valence-electron chi connectivity index (χ0n) is 12.9. The number of carbonyl (C=O) groups excluding carboxylic acids is 1. The van der Waals surface area contributed by atoms with Gasteiger partial charge in [-0.25, -0.2) is 0 Å². The quantitative estimate of drug-likeness (QED) is 0.569. The van der Waals surface area contributed by atoms with Crippen LogP contribution in [0, 0.1) is 11.3 Å². The van der Waals surface area contributed by atoms with Gasteiger partial charge in [0.2, 0.25) is 0 Å². The van der Waals surface area contributed by atoms with Crippen LogP contribution in [0.3, 0.4) is 0 Å². The number of halogens is 2. The van der Waals surface area contributed by atoms with E-state index in [1.54, 1.807) is 30.3 Å². The second-order valence-electron chi connectivity index (χ2n) is 5.29. The molecule has 6 heteroatoms. The number of ether oxygens (including phenoxy) is 1. The van der Waals surface area contributed by atoms with Gasteiger partial charge in [0, 0.05) is 15.1 Å². The average molecular weight is 416 g/mol. The smallest absolute Gasteiger partial charge is 0.266 e. The van der Waals surface area contributed by atoms with Gasteiger partial charge < -0.3 is 10.1 Å². The Bertz CT molecular complexity index is 945. The van der Waals surface area contributed by atoms with Crippen LogP contribution in [-0.4, -0.2) is 12.5 Å². The first-order valence-electron chi connectivity index (χ1n) is 7.37. The molecule has 0 saturated carbocycles. The second kappa shape index (κ2) is 7.56. The molecular weight excluding hydrogens is 404 g/mol. The number of benzene rings is 2. The Balaban J connectivity index is 1.85. The van der Waals surface area contributed by atoms with Crippen LogP contribution in [0.15, 0.2) is 64.2 Å². The second-order valence-corrected chi connectivity index (χ2v) is 6.58. The van der Waals surface area contributed by atoms with Crippen molar-refractivity contribution in [2.24, 2.45) is 0 Å². The molecule has 1 amide bonds. The van der Waals surface area contributed by atoms with E-state index in [-0.39, 0.29) is 12.2 Å². The Labute approximate surface area is 158 Å². The van der Waals surface area contributed by atoms with E-state index in [9.17, 15) is 10.1 Å². The third kappa shape index (κ3) is 4.11. The van der Waals surface area contributed by atoms with Crippen LogP contribution >= 0.6 is 27.5 Å². The fraction of sp³-hybridized carbons (Fsp3) is 0.0526. The van der Waals surface area contributed by atoms with Crippen molar-refractivity contribution in [2.75, 3.05) is 11.9 Å². The highest BCUT2D eigenvalue weighted by Gasteiger charge is 2.15. The van der Waals surface area contributed by atoms with Gasteiger partial charge in [0.1, 0.15) is 24.0 Å². The van der Waals surface area contributed by atoms with Crippen LogP contribution in [0.2, 0.25) is 5.02 Å². The van der Waals surface area contributed by atoms with Crippen LogP contribution in [0.5, 0.6) is 5.75 Å². The Kier molecular flexibility index (Phi) is 5.22. The van der Waals surface area contributed by atoms with Gasteiger partial charge in [-0.3, -0.25) is 4.79 Å². The molecule has 1 aliphatic heterocycles. The van der Waals surface area contributed by atoms with Crippen LogP contribution in [0.25, 0.3) is 6.08 Å². The molecule has 0 unspecified atom stereocenters. The molecular formula is C19H12BrClN2O2. The summed E-state index contributed by atoms with van der Waals surface area (Å²) < 4.78 is 6.37. The van der Waals surface area contributed by atoms with Crippen molar-refractivity contribution in [3.05, 3.63) is 74.7 Å². The van der Waals surface area contributed by atoms with Crippen molar-refractivity contribution < 1.29 is 9.53 Å². The first-order valence-corrected chi connectivity index (χ1v) is 8.54. The first-order chi connectivity index (χ1) is 12.1. The molecule has 2 aromatic rings. The molecule has 1 N–H and O–H groups in total. The molecule has 0 radical (unpaired) electrons. The summed E-state index contributed by atoms with van der Waals surface area (Å²) in [7, 11) is 0. The lowest BCUT2D eigenvalue weighted by atomic mass is 10.0. The van der Waals surface area contributed by atoms with Crippen molar-refractivity contribution in [3.8, 4) is 11.8 Å². The molecule has 124 valence electrons. The number of anilines is 1. The van der Waals surface area contributed by atoms with Crippen molar-refractivity contribution in [1.29, 1.82) is 5.26 Å². The Hall–Kier alpha value is -2.55. The minimum absolute atomic E-state index is 0.00363. The molecule has 0 bridgehead atoms. The monoisotopic (exact) mass is 414 g/mol. The molecule has 0 saturated heterocycles. The molecule has 0 spiro atoms. The number of hydrogen-bond acceptors (Lipinski definition) is 3. The van der Waals surface area contributed by atoms with E-state index in [1.165, 1.54) is 6.08 Å². The van der Waals surface area contributed by atoms with Crippen LogP contribution in [0.1, 0.15) is 5.56 Å². The molecule has 0 aromatic heterocycles. The van der Waals surface area contributed by atoms with E-state index in [0.717, 1.165) is 15.8 Å². The number of amides is 1. The molecule has 1 aliphatic rings. The number of hydrogen-bond donors (Lipinski definition) is 1. The zero-order chi connectivity index (χ0) is 17.8. The predicted octanol–water partition coefficient (Wildman–Crippen LogP) is 4.97. The average Bonchev–Trinajstić information content (AvgIpc) is 2.61. The maximum Gasteiger partial charge on any atom is 0.266 e. The number of nitrogens with one attached hydrogen (secondary N) is 1. The first kappa shape index (κ1) is 17.3. The van der Waals surface area contributed by atoms with Crippen molar-refractivity contribution >= 4 is 45.2 Å². The van der Waals surface area contributed by atoms with E-state index in [2.05, 4.69) is 21.2 Å². The minimum atomic E-state index is -0.479. The summed E-state index contributed by atoms with van der Waals surface area (Å²) in [6.07, 6.45) is 3.38. The maximum atomic E-state index is 12.4. The molecule has 1 heterocycles. The Morgan fingerprint density at radius 1 is 1.32 bits per heavy atom. The van der Waals surface area contributed by atoms with E-state index in [1.807, 2.05) is 24.3 Å². The summed E-state index contributed by atoms with van der Waals surface area (Å²) >= 11 is 9.35. The summed E-state index contributed by atoms with van der Waals surface area (Å²) in [6, 6.07) is 14.5. The molecule has 0 fully saturated rings. The van der Waals surface area contributed by atoms with E-state index >= 15 is 0 Å². The maximum absolute atomic E-state index is 12.4. The lowest BCUT2D eigenvalue weighted by Crippen LogP contribution is -2.15. The number of rotatable bonds is 3. The van der Waals surface area contributed by atoms with Crippen LogP contribution in [0.4, 0.5) is 5.69 Å². The van der Waals surface area contributed by atoms with Gasteiger partial charge in [-0.2, -0.15) is 5.26 Å². The number of para-hydroxylation sites is 1. The highest BCUT2D eigenvalue weighted by molar-refractivity contribution is 9.10. The molecule has 3 rings (SSSR count). The van der Waals surface area contributed by atoms with Gasteiger partial charge in [-0.15, -0.1) is 0 Å². The summed E-state index contributed by atoms with van der Waals surface area (Å²) in [4.78, 5) is 12.4. The predicted molar refractivity (Wildman–Crippen MR) is 101 cm³/mol. The molecule has 25 heavy (non-hydrogen) atoms. The van der Waals surface area contributed by atoms with Gasteiger partial charge >= 0.3 is 0 Å². The number of nitrogens with zero attached hydrogens (tertiary/aromatic N) is 1. The summed E-state index contributed by atoms with van der Waals surface area (Å²) in [5, 5.41) is 12.6. The lowest BCUT2D eigenvalue weighted by molar-refractivity contribution is -0.112. The topological polar surface area (TPSA) is 62.1 Å². The Morgan fingerprint density at radius 3 is 2.88 bits per heavy atom. The van der Waals surface area contributed by atoms with Crippen molar-refractivity contribution in [3.63, 3.8) is 0 Å². The van der Waals surface area contributed by atoms with Crippen molar-refractivity contribution in [2.45, 2.75) is 0 Å². The van der Waals surface area contributed by atoms with Crippen molar-refractivity contribution in [1.82, 2.24) is 0 Å². The van der Waals surface area contributed by atoms with Gasteiger partial charge in [0.15, 0.2) is 0 Å². The fourth-order valence-electron chi connectivity index (χ4n) is 2.34. The highest BCUT2D eigenvalue weighted by atomic mass is 79.9. The van der Waals surface area contributed by atoms with E-state index in [0.29, 0.717) is 16.3 Å². The Morgan fingerprint density at radius 2 is 2.12 bits per heavy atom. The summed E-state index contributed by atoms with van der Waals surface area (Å²) in [5.74, 6) is 0.241. The summed E-state index contributed by atoms with van der Waals surface area (Å²) in [6.45, 7) is 0.280. The SMILES string of the molecule is N#CC(=CC1=Cc2cc(Cl)ccc2OC1)C(=O)Nc1ccccc1Br. The van der Waals surface area contributed by atoms with E-state index < -0.39 is 5.91 Å². The van der Waals surface area contributed by atoms with Crippen LogP contribution in [-0.2, 0) is 4.79 Å². The van der Waals surface area contributed by atoms with Gasteiger partial charge in [0.05, 0.1) is 5.69 Å². The van der Waals surface area contributed by atoms with Gasteiger partial charge in [0.25, 0.3) is 5.91 Å². The van der Waals surface area contributed by atoms with E-state index in [4.69, 9.17) is 16.3 Å². The summed E-state index contributed by atoms with van der Waals surface area (Å²) in [5.41, 5.74) is 2.12. The number of carbonyl (C=O) groups is 1. The lowest BCUT2D eigenvalue weighted by Gasteiger charge is -2.16. The zero-order valence-corrected chi connectivity index (χ0v) is 15.3. The molecule has 2 aromatic carbocycles. The normalized spacial score (nSPS) is 13.2. The largest absolute Gasteiger partial charge is 0.488 e. The van der Waals surface area contributed by atoms with Crippen LogP contribution < -0.4 is 10.1 Å². The third-order valence-electron chi connectivity index (χ3n) is 3.52. The molecule has 0 aliphatic carbocycles. The number of nitriles is 1. The third-order valence-corrected chi connectivity index (χ3v) is 4.45. The van der Waals surface area contributed by atoms with Gasteiger partial charge in [-0.05, 0) is 64.0 Å². The van der Waals surface area contributed by atoms with Gasteiger partial charge in [-0.1, -0.05) is 23.7 Å².